The Bertz CT molecular complexity index is 359. The molecule has 1 aromatic heterocycles. The predicted molar refractivity (Wildman–Crippen MR) is 76.8 cm³/mol. The van der Waals surface area contributed by atoms with E-state index in [4.69, 9.17) is 0 Å². The number of anilines is 1. The van der Waals surface area contributed by atoms with Crippen LogP contribution in [0.5, 0.6) is 0 Å². The van der Waals surface area contributed by atoms with Crippen molar-refractivity contribution in [2.24, 2.45) is 5.92 Å². The smallest absolute Gasteiger partial charge is 0.0595 e. The van der Waals surface area contributed by atoms with Gasteiger partial charge in [-0.2, -0.15) is 0 Å². The van der Waals surface area contributed by atoms with E-state index >= 15 is 0 Å². The molecule has 100 valence electrons. The number of pyridine rings is 1. The van der Waals surface area contributed by atoms with Gasteiger partial charge in [0.1, 0.15) is 0 Å². The van der Waals surface area contributed by atoms with Gasteiger partial charge in [0.05, 0.1) is 11.9 Å². The first kappa shape index (κ1) is 13.3. The predicted octanol–water partition coefficient (Wildman–Crippen LogP) is 2.82. The average Bonchev–Trinajstić information content (AvgIpc) is 2.41. The lowest BCUT2D eigenvalue weighted by Crippen LogP contribution is -2.28. The molecule has 0 bridgehead atoms. The first-order valence-corrected chi connectivity index (χ1v) is 7.10. The molecule has 0 radical (unpaired) electrons. The van der Waals surface area contributed by atoms with Crippen LogP contribution in [0.1, 0.15) is 37.7 Å². The number of aromatic nitrogens is 1. The van der Waals surface area contributed by atoms with Crippen LogP contribution in [0, 0.1) is 5.92 Å². The summed E-state index contributed by atoms with van der Waals surface area (Å²) in [6, 6.07) is 2.11. The van der Waals surface area contributed by atoms with Crippen LogP contribution in [0.15, 0.2) is 18.5 Å². The van der Waals surface area contributed by atoms with Gasteiger partial charge in [-0.15, -0.1) is 0 Å². The molecule has 0 aromatic carbocycles. The van der Waals surface area contributed by atoms with Gasteiger partial charge in [-0.3, -0.25) is 4.98 Å². The van der Waals surface area contributed by atoms with Crippen LogP contribution >= 0.6 is 0 Å². The molecule has 1 N–H and O–H groups in total. The summed E-state index contributed by atoms with van der Waals surface area (Å²) in [5.74, 6) is 0.867. The van der Waals surface area contributed by atoms with Crippen molar-refractivity contribution in [2.45, 2.75) is 38.6 Å². The minimum Gasteiger partial charge on any atom is -0.373 e. The lowest BCUT2D eigenvalue weighted by Gasteiger charge is -2.29. The van der Waals surface area contributed by atoms with Crippen LogP contribution in [-0.2, 0) is 6.54 Å². The number of rotatable bonds is 5. The molecule has 0 atom stereocenters. The molecule has 1 heterocycles. The molecule has 0 spiro atoms. The Balaban J connectivity index is 2.00. The Morgan fingerprint density at radius 2 is 2.11 bits per heavy atom. The minimum absolute atomic E-state index is 0.867. The second-order valence-electron chi connectivity index (χ2n) is 5.42. The SMILES string of the molecule is CNCc1ccncc1N(C)CC1CCCCC1. The molecule has 1 aliphatic carbocycles. The standard InChI is InChI=1S/C15H25N3/c1-16-10-14-8-9-17-11-15(14)18(2)12-13-6-4-3-5-7-13/h8-9,11,13,16H,3-7,10,12H2,1-2H3. The van der Waals surface area contributed by atoms with Crippen LogP contribution in [0.3, 0.4) is 0 Å². The van der Waals surface area contributed by atoms with Gasteiger partial charge in [0, 0.05) is 26.3 Å². The van der Waals surface area contributed by atoms with Crippen molar-refractivity contribution in [1.29, 1.82) is 0 Å². The maximum absolute atomic E-state index is 4.27. The zero-order chi connectivity index (χ0) is 12.8. The quantitative estimate of drug-likeness (QED) is 0.867. The number of nitrogens with zero attached hydrogens (tertiary/aromatic N) is 2. The second kappa shape index (κ2) is 6.74. The second-order valence-corrected chi connectivity index (χ2v) is 5.42. The highest BCUT2D eigenvalue weighted by molar-refractivity contribution is 5.51. The van der Waals surface area contributed by atoms with E-state index in [1.165, 1.54) is 49.9 Å². The topological polar surface area (TPSA) is 28.2 Å². The van der Waals surface area contributed by atoms with Crippen LogP contribution < -0.4 is 10.2 Å². The fraction of sp³-hybridized carbons (Fsp3) is 0.667. The largest absolute Gasteiger partial charge is 0.373 e. The van der Waals surface area contributed by atoms with E-state index < -0.39 is 0 Å². The number of hydrogen-bond acceptors (Lipinski definition) is 3. The van der Waals surface area contributed by atoms with Gasteiger partial charge >= 0.3 is 0 Å². The van der Waals surface area contributed by atoms with Crippen molar-refractivity contribution in [2.75, 3.05) is 25.5 Å². The Kier molecular flexibility index (Phi) is 5.00. The third kappa shape index (κ3) is 3.45. The zero-order valence-electron chi connectivity index (χ0n) is 11.7. The third-order valence-corrected chi connectivity index (χ3v) is 3.92. The van der Waals surface area contributed by atoms with Crippen LogP contribution in [0.25, 0.3) is 0 Å². The fourth-order valence-electron chi connectivity index (χ4n) is 2.95. The van der Waals surface area contributed by atoms with Gasteiger partial charge in [0.2, 0.25) is 0 Å². The fourth-order valence-corrected chi connectivity index (χ4v) is 2.95. The Labute approximate surface area is 111 Å². The summed E-state index contributed by atoms with van der Waals surface area (Å²) in [5.41, 5.74) is 2.61. The molecule has 1 aliphatic rings. The van der Waals surface area contributed by atoms with Crippen LogP contribution in [-0.4, -0.2) is 25.6 Å². The summed E-state index contributed by atoms with van der Waals surface area (Å²) >= 11 is 0. The molecular weight excluding hydrogens is 222 g/mol. The molecule has 3 nitrogen and oxygen atoms in total. The monoisotopic (exact) mass is 247 g/mol. The van der Waals surface area contributed by atoms with E-state index in [2.05, 4.69) is 28.3 Å². The van der Waals surface area contributed by atoms with E-state index in [0.717, 1.165) is 12.5 Å². The van der Waals surface area contributed by atoms with Gasteiger partial charge in [0.15, 0.2) is 0 Å². The third-order valence-electron chi connectivity index (χ3n) is 3.92. The van der Waals surface area contributed by atoms with E-state index in [9.17, 15) is 0 Å². The maximum Gasteiger partial charge on any atom is 0.0595 e. The van der Waals surface area contributed by atoms with Gasteiger partial charge in [0.25, 0.3) is 0 Å². The Morgan fingerprint density at radius 1 is 1.33 bits per heavy atom. The van der Waals surface area contributed by atoms with Crippen molar-refractivity contribution < 1.29 is 0 Å². The lowest BCUT2D eigenvalue weighted by atomic mass is 9.89. The van der Waals surface area contributed by atoms with E-state index in [0.29, 0.717) is 0 Å². The molecule has 1 aromatic rings. The molecule has 0 unspecified atom stereocenters. The van der Waals surface area contributed by atoms with Gasteiger partial charge in [-0.1, -0.05) is 19.3 Å². The zero-order valence-corrected chi connectivity index (χ0v) is 11.7. The van der Waals surface area contributed by atoms with Crippen molar-refractivity contribution in [3.05, 3.63) is 24.0 Å². The average molecular weight is 247 g/mol. The molecule has 0 amide bonds. The summed E-state index contributed by atoms with van der Waals surface area (Å²) in [6.45, 7) is 2.08. The number of nitrogens with one attached hydrogen (secondary N) is 1. The highest BCUT2D eigenvalue weighted by atomic mass is 15.1. The number of hydrogen-bond donors (Lipinski definition) is 1. The summed E-state index contributed by atoms with van der Waals surface area (Å²) in [4.78, 5) is 6.66. The first-order chi connectivity index (χ1) is 8.81. The van der Waals surface area contributed by atoms with E-state index in [1.807, 2.05) is 19.4 Å². The van der Waals surface area contributed by atoms with Crippen molar-refractivity contribution >= 4 is 5.69 Å². The Morgan fingerprint density at radius 3 is 2.83 bits per heavy atom. The highest BCUT2D eigenvalue weighted by Gasteiger charge is 2.16. The van der Waals surface area contributed by atoms with Crippen molar-refractivity contribution in [1.82, 2.24) is 10.3 Å². The van der Waals surface area contributed by atoms with Crippen LogP contribution in [0.2, 0.25) is 0 Å². The normalized spacial score (nSPS) is 16.8. The molecule has 0 saturated heterocycles. The van der Waals surface area contributed by atoms with Crippen molar-refractivity contribution in [3.8, 4) is 0 Å². The maximum atomic E-state index is 4.27. The lowest BCUT2D eigenvalue weighted by molar-refractivity contribution is 0.362. The van der Waals surface area contributed by atoms with Crippen molar-refractivity contribution in [3.63, 3.8) is 0 Å². The first-order valence-electron chi connectivity index (χ1n) is 7.10. The van der Waals surface area contributed by atoms with E-state index in [-0.39, 0.29) is 0 Å². The van der Waals surface area contributed by atoms with Crippen LogP contribution in [0.4, 0.5) is 5.69 Å². The summed E-state index contributed by atoms with van der Waals surface area (Å²) in [5, 5.41) is 3.23. The molecule has 1 fully saturated rings. The molecular formula is C15H25N3. The van der Waals surface area contributed by atoms with Gasteiger partial charge in [-0.25, -0.2) is 0 Å². The summed E-state index contributed by atoms with van der Waals surface area (Å²) < 4.78 is 0. The molecule has 18 heavy (non-hydrogen) atoms. The highest BCUT2D eigenvalue weighted by Crippen LogP contribution is 2.26. The van der Waals surface area contributed by atoms with Gasteiger partial charge in [-0.05, 0) is 37.4 Å². The van der Waals surface area contributed by atoms with Gasteiger partial charge < -0.3 is 10.2 Å². The molecule has 2 rings (SSSR count). The Hall–Kier alpha value is -1.09. The molecule has 1 saturated carbocycles. The summed E-state index contributed by atoms with van der Waals surface area (Å²) in [6.07, 6.45) is 10.9. The van der Waals surface area contributed by atoms with E-state index in [1.54, 1.807) is 0 Å². The molecule has 3 heteroatoms. The minimum atomic E-state index is 0.867. The summed E-state index contributed by atoms with van der Waals surface area (Å²) in [7, 11) is 4.19. The molecule has 0 aliphatic heterocycles.